The molecule has 1 fully saturated rings. The second kappa shape index (κ2) is 4.89. The number of hydrogen-bond donors (Lipinski definition) is 2. The zero-order chi connectivity index (χ0) is 12.4. The Labute approximate surface area is 105 Å². The van der Waals surface area contributed by atoms with Gasteiger partial charge in [0.25, 0.3) is 0 Å². The van der Waals surface area contributed by atoms with Crippen molar-refractivity contribution in [2.75, 3.05) is 18.0 Å². The van der Waals surface area contributed by atoms with Crippen molar-refractivity contribution in [3.63, 3.8) is 0 Å². The zero-order valence-corrected chi connectivity index (χ0v) is 10.4. The van der Waals surface area contributed by atoms with E-state index >= 15 is 0 Å². The first kappa shape index (κ1) is 12.1. The molecule has 1 atom stereocenters. The predicted molar refractivity (Wildman–Crippen MR) is 67.0 cm³/mol. The number of rotatable bonds is 2. The minimum absolute atomic E-state index is 0.00716. The van der Waals surface area contributed by atoms with E-state index in [2.05, 4.69) is 10.3 Å². The van der Waals surface area contributed by atoms with E-state index in [4.69, 9.17) is 17.3 Å². The van der Waals surface area contributed by atoms with E-state index in [9.17, 15) is 4.79 Å². The van der Waals surface area contributed by atoms with Crippen LogP contribution in [0.25, 0.3) is 0 Å². The third-order valence-electron chi connectivity index (χ3n) is 2.94. The average Bonchev–Trinajstić information content (AvgIpc) is 2.33. The number of carbonyl (C=O) groups is 1. The molecule has 0 aliphatic carbocycles. The Hall–Kier alpha value is -1.33. The number of nitrogens with one attached hydrogen (secondary N) is 1. The number of pyridine rings is 1. The summed E-state index contributed by atoms with van der Waals surface area (Å²) in [6.45, 7) is 3.51. The normalized spacial score (nSPS) is 20.3. The summed E-state index contributed by atoms with van der Waals surface area (Å²) in [5, 5.41) is 3.34. The number of nitrogens with two attached hydrogens (primary N) is 1. The van der Waals surface area contributed by atoms with Gasteiger partial charge in [0.15, 0.2) is 0 Å². The fourth-order valence-corrected chi connectivity index (χ4v) is 2.20. The summed E-state index contributed by atoms with van der Waals surface area (Å²) in [6.07, 6.45) is 1.67. The highest BCUT2D eigenvalue weighted by atomic mass is 35.5. The Kier molecular flexibility index (Phi) is 3.49. The number of piperazine rings is 1. The van der Waals surface area contributed by atoms with E-state index in [1.165, 1.54) is 0 Å². The maximum atomic E-state index is 11.6. The summed E-state index contributed by atoms with van der Waals surface area (Å²) in [5.41, 5.74) is 6.44. The highest BCUT2D eigenvalue weighted by Gasteiger charge is 2.28. The molecule has 0 radical (unpaired) electrons. The quantitative estimate of drug-likeness (QED) is 0.807. The van der Waals surface area contributed by atoms with E-state index in [-0.39, 0.29) is 11.9 Å². The van der Waals surface area contributed by atoms with Crippen LogP contribution in [-0.4, -0.2) is 30.0 Å². The SMILES string of the molecule is CC1C(=O)NCCN1c1nccc(CN)c1Cl. The number of carbonyl (C=O) groups excluding carboxylic acids is 1. The Balaban J connectivity index is 2.36. The molecule has 1 saturated heterocycles. The lowest BCUT2D eigenvalue weighted by molar-refractivity contribution is -0.122. The number of anilines is 1. The summed E-state index contributed by atoms with van der Waals surface area (Å²) in [5.74, 6) is 0.629. The topological polar surface area (TPSA) is 71.2 Å². The maximum Gasteiger partial charge on any atom is 0.242 e. The molecule has 2 heterocycles. The van der Waals surface area contributed by atoms with Crippen LogP contribution in [0.15, 0.2) is 12.3 Å². The number of amides is 1. The Morgan fingerprint density at radius 3 is 3.18 bits per heavy atom. The Bertz CT molecular complexity index is 437. The van der Waals surface area contributed by atoms with Gasteiger partial charge in [-0.2, -0.15) is 0 Å². The lowest BCUT2D eigenvalue weighted by Crippen LogP contribution is -2.54. The van der Waals surface area contributed by atoms with Crippen LogP contribution in [0.1, 0.15) is 12.5 Å². The molecule has 92 valence electrons. The molecular weight excluding hydrogens is 240 g/mol. The van der Waals surface area contributed by atoms with Crippen molar-refractivity contribution >= 4 is 23.3 Å². The number of nitrogens with zero attached hydrogens (tertiary/aromatic N) is 2. The van der Waals surface area contributed by atoms with Crippen LogP contribution in [-0.2, 0) is 11.3 Å². The first-order valence-electron chi connectivity index (χ1n) is 5.53. The van der Waals surface area contributed by atoms with Crippen LogP contribution in [0.5, 0.6) is 0 Å². The van der Waals surface area contributed by atoms with Crippen molar-refractivity contribution in [3.8, 4) is 0 Å². The monoisotopic (exact) mass is 254 g/mol. The van der Waals surface area contributed by atoms with Crippen molar-refractivity contribution in [3.05, 3.63) is 22.8 Å². The fraction of sp³-hybridized carbons (Fsp3) is 0.455. The molecule has 0 saturated carbocycles. The van der Waals surface area contributed by atoms with Gasteiger partial charge in [0.05, 0.1) is 5.02 Å². The molecule has 17 heavy (non-hydrogen) atoms. The van der Waals surface area contributed by atoms with Crippen LogP contribution in [0.3, 0.4) is 0 Å². The van der Waals surface area contributed by atoms with Crippen LogP contribution < -0.4 is 16.0 Å². The smallest absolute Gasteiger partial charge is 0.242 e. The average molecular weight is 255 g/mol. The largest absolute Gasteiger partial charge is 0.353 e. The van der Waals surface area contributed by atoms with Crippen molar-refractivity contribution < 1.29 is 4.79 Å². The standard InChI is InChI=1S/C11H15ClN4O/c1-7-11(17)15-4-5-16(7)10-9(12)8(6-13)2-3-14-10/h2-3,7H,4-6,13H2,1H3,(H,15,17). The van der Waals surface area contributed by atoms with Gasteiger partial charge in [0.2, 0.25) is 5.91 Å². The molecule has 1 aliphatic heterocycles. The van der Waals surface area contributed by atoms with Gasteiger partial charge in [-0.1, -0.05) is 11.6 Å². The highest BCUT2D eigenvalue weighted by molar-refractivity contribution is 6.33. The van der Waals surface area contributed by atoms with Crippen LogP contribution >= 0.6 is 11.6 Å². The number of hydrogen-bond acceptors (Lipinski definition) is 4. The lowest BCUT2D eigenvalue weighted by Gasteiger charge is -2.34. The Morgan fingerprint density at radius 2 is 2.47 bits per heavy atom. The molecule has 1 aromatic heterocycles. The lowest BCUT2D eigenvalue weighted by atomic mass is 10.2. The molecule has 1 amide bonds. The molecule has 1 unspecified atom stereocenters. The van der Waals surface area contributed by atoms with E-state index in [0.717, 1.165) is 5.56 Å². The van der Waals surface area contributed by atoms with Gasteiger partial charge in [0.1, 0.15) is 11.9 Å². The van der Waals surface area contributed by atoms with E-state index in [1.807, 2.05) is 11.8 Å². The highest BCUT2D eigenvalue weighted by Crippen LogP contribution is 2.28. The van der Waals surface area contributed by atoms with Gasteiger partial charge in [-0.3, -0.25) is 4.79 Å². The molecule has 1 aromatic rings. The fourth-order valence-electron chi connectivity index (χ4n) is 1.90. The minimum Gasteiger partial charge on any atom is -0.353 e. The molecular formula is C11H15ClN4O. The number of aromatic nitrogens is 1. The van der Waals surface area contributed by atoms with E-state index in [0.29, 0.717) is 30.5 Å². The molecule has 5 nitrogen and oxygen atoms in total. The number of halogens is 1. The predicted octanol–water partition coefficient (Wildman–Crippen LogP) is 0.518. The minimum atomic E-state index is -0.262. The van der Waals surface area contributed by atoms with Gasteiger partial charge < -0.3 is 16.0 Å². The van der Waals surface area contributed by atoms with Crippen molar-refractivity contribution in [2.24, 2.45) is 5.73 Å². The van der Waals surface area contributed by atoms with Crippen LogP contribution in [0.4, 0.5) is 5.82 Å². The van der Waals surface area contributed by atoms with Crippen molar-refractivity contribution in [1.29, 1.82) is 0 Å². The summed E-state index contributed by atoms with van der Waals surface area (Å²) in [6, 6.07) is 1.53. The Morgan fingerprint density at radius 1 is 1.71 bits per heavy atom. The second-order valence-electron chi connectivity index (χ2n) is 3.97. The summed E-state index contributed by atoms with van der Waals surface area (Å²) < 4.78 is 0. The van der Waals surface area contributed by atoms with Crippen molar-refractivity contribution in [2.45, 2.75) is 19.5 Å². The van der Waals surface area contributed by atoms with Gasteiger partial charge in [-0.25, -0.2) is 4.98 Å². The first-order chi connectivity index (χ1) is 8.15. The van der Waals surface area contributed by atoms with E-state index < -0.39 is 0 Å². The molecule has 1 aliphatic rings. The van der Waals surface area contributed by atoms with Gasteiger partial charge in [0, 0.05) is 25.8 Å². The van der Waals surface area contributed by atoms with E-state index in [1.54, 1.807) is 12.3 Å². The molecule has 6 heteroatoms. The first-order valence-corrected chi connectivity index (χ1v) is 5.90. The summed E-state index contributed by atoms with van der Waals surface area (Å²) in [4.78, 5) is 17.8. The van der Waals surface area contributed by atoms with Gasteiger partial charge >= 0.3 is 0 Å². The van der Waals surface area contributed by atoms with Crippen LogP contribution in [0, 0.1) is 0 Å². The van der Waals surface area contributed by atoms with Crippen LogP contribution in [0.2, 0.25) is 5.02 Å². The molecule has 3 N–H and O–H groups in total. The summed E-state index contributed by atoms with van der Waals surface area (Å²) in [7, 11) is 0. The molecule has 0 bridgehead atoms. The van der Waals surface area contributed by atoms with Crippen molar-refractivity contribution in [1.82, 2.24) is 10.3 Å². The molecule has 2 rings (SSSR count). The molecule has 0 spiro atoms. The third kappa shape index (κ3) is 2.21. The maximum absolute atomic E-state index is 11.6. The second-order valence-corrected chi connectivity index (χ2v) is 4.35. The molecule has 0 aromatic carbocycles. The summed E-state index contributed by atoms with van der Waals surface area (Å²) >= 11 is 6.24. The van der Waals surface area contributed by atoms with Gasteiger partial charge in [-0.05, 0) is 18.6 Å². The van der Waals surface area contributed by atoms with Gasteiger partial charge in [-0.15, -0.1) is 0 Å². The third-order valence-corrected chi connectivity index (χ3v) is 3.35. The zero-order valence-electron chi connectivity index (χ0n) is 9.61.